The van der Waals surface area contributed by atoms with Crippen LogP contribution in [0.25, 0.3) is 22.3 Å². The summed E-state index contributed by atoms with van der Waals surface area (Å²) >= 11 is 1.10. The van der Waals surface area contributed by atoms with Gasteiger partial charge >= 0.3 is 13.6 Å². The van der Waals surface area contributed by atoms with Gasteiger partial charge in [0, 0.05) is 24.3 Å². The van der Waals surface area contributed by atoms with Crippen LogP contribution in [0.1, 0.15) is 36.8 Å². The van der Waals surface area contributed by atoms with E-state index in [0.29, 0.717) is 47.4 Å². The number of ether oxygens (including phenoxy) is 2. The minimum Gasteiger partial charge on any atom is -0.465 e. The number of carbonyl (C=O) groups excluding carboxylic acids is 2. The summed E-state index contributed by atoms with van der Waals surface area (Å²) in [6.45, 7) is 2.10. The molecule has 54 heavy (non-hydrogen) atoms. The molecule has 5 rings (SSSR count). The standard InChI is InChI=1S/C38H44FN6O7PS/c1-27(30-14-15-31(32(39)23-30)29-12-6-3-7-13-29)37(46)50-17-8-18-51-53(48,26-49-20-16-45-25-44-34-35(41)42-24-43-36(34)45)52-19-9-21-54-38(47)33(40)22-28-10-4-2-5-11-28/h2-7,10-15,23-25,27,33H,8-9,16-22,26,40H2,1H3,(H2,41,42,43)/t27?,33-,53?/m0/s1. The Bertz CT molecular complexity index is 2020. The SMILES string of the molecule is CC(C(=O)OCCCOP(=O)(COCCn1cnc2c(N)ncnc21)OCCCSC(=O)[C@@H](N)Cc1ccccc1)c1ccc(-c2ccccc2)c(F)c1. The number of halogens is 1. The van der Waals surface area contributed by atoms with Gasteiger partial charge in [0.15, 0.2) is 11.5 Å². The maximum Gasteiger partial charge on any atom is 0.356 e. The molecule has 0 saturated carbocycles. The quantitative estimate of drug-likeness (QED) is 0.0476. The number of nitrogens with two attached hydrogens (primary N) is 2. The lowest BCUT2D eigenvalue weighted by molar-refractivity contribution is -0.145. The van der Waals surface area contributed by atoms with Crippen molar-refractivity contribution < 1.29 is 37.1 Å². The van der Waals surface area contributed by atoms with Gasteiger partial charge in [0.05, 0.1) is 44.7 Å². The number of thioether (sulfide) groups is 1. The molecule has 2 heterocycles. The van der Waals surface area contributed by atoms with Gasteiger partial charge in [-0.05, 0) is 42.5 Å². The molecule has 0 aliphatic rings. The topological polar surface area (TPSA) is 184 Å². The number of rotatable bonds is 21. The summed E-state index contributed by atoms with van der Waals surface area (Å²) in [7, 11) is -3.77. The van der Waals surface area contributed by atoms with E-state index in [1.54, 1.807) is 30.0 Å². The predicted molar refractivity (Wildman–Crippen MR) is 206 cm³/mol. The Balaban J connectivity index is 1.08. The number of esters is 1. The summed E-state index contributed by atoms with van der Waals surface area (Å²) in [6.07, 6.45) is 3.63. The monoisotopic (exact) mass is 778 g/mol. The first-order chi connectivity index (χ1) is 26.1. The van der Waals surface area contributed by atoms with E-state index in [-0.39, 0.29) is 50.1 Å². The van der Waals surface area contributed by atoms with Crippen LogP contribution in [0, 0.1) is 5.82 Å². The molecule has 0 amide bonds. The van der Waals surface area contributed by atoms with Gasteiger partial charge in [0.1, 0.15) is 24.0 Å². The molecule has 2 unspecified atom stereocenters. The second-order valence-electron chi connectivity index (χ2n) is 12.3. The van der Waals surface area contributed by atoms with Gasteiger partial charge in [0.25, 0.3) is 0 Å². The number of carbonyl (C=O) groups is 2. The van der Waals surface area contributed by atoms with E-state index in [1.165, 1.54) is 12.4 Å². The highest BCUT2D eigenvalue weighted by Gasteiger charge is 2.26. The number of anilines is 1. The second kappa shape index (κ2) is 20.3. The molecule has 0 radical (unpaired) electrons. The molecule has 0 spiro atoms. The average molecular weight is 779 g/mol. The van der Waals surface area contributed by atoms with Crippen molar-refractivity contribution in [3.8, 4) is 11.1 Å². The number of nitrogen functional groups attached to an aromatic ring is 1. The smallest absolute Gasteiger partial charge is 0.356 e. The summed E-state index contributed by atoms with van der Waals surface area (Å²) in [5.41, 5.74) is 15.6. The van der Waals surface area contributed by atoms with Crippen LogP contribution < -0.4 is 11.5 Å². The molecule has 0 bridgehead atoms. The zero-order valence-corrected chi connectivity index (χ0v) is 31.6. The fourth-order valence-corrected chi connectivity index (χ4v) is 7.51. The van der Waals surface area contributed by atoms with Gasteiger partial charge in [-0.2, -0.15) is 0 Å². The molecule has 0 fully saturated rings. The van der Waals surface area contributed by atoms with Crippen LogP contribution in [0.3, 0.4) is 0 Å². The summed E-state index contributed by atoms with van der Waals surface area (Å²) in [5, 5.41) is -0.140. The summed E-state index contributed by atoms with van der Waals surface area (Å²) < 4.78 is 52.9. The summed E-state index contributed by atoms with van der Waals surface area (Å²) in [5.74, 6) is -0.997. The van der Waals surface area contributed by atoms with E-state index in [9.17, 15) is 18.5 Å². The van der Waals surface area contributed by atoms with Crippen LogP contribution in [0.4, 0.5) is 10.2 Å². The van der Waals surface area contributed by atoms with Crippen molar-refractivity contribution in [1.29, 1.82) is 0 Å². The number of hydrogen-bond donors (Lipinski definition) is 2. The minimum absolute atomic E-state index is 0.0186. The molecule has 5 aromatic rings. The van der Waals surface area contributed by atoms with Gasteiger partial charge in [-0.15, -0.1) is 0 Å². The van der Waals surface area contributed by atoms with Crippen LogP contribution in [-0.4, -0.2) is 75.2 Å². The lowest BCUT2D eigenvalue weighted by atomic mass is 9.97. The maximum absolute atomic E-state index is 14.9. The molecule has 0 aliphatic carbocycles. The molecular weight excluding hydrogens is 734 g/mol. The third kappa shape index (κ3) is 11.7. The van der Waals surface area contributed by atoms with E-state index < -0.39 is 31.3 Å². The molecule has 3 atom stereocenters. The van der Waals surface area contributed by atoms with Crippen LogP contribution in [0.2, 0.25) is 0 Å². The molecule has 4 N–H and O–H groups in total. The highest BCUT2D eigenvalue weighted by Crippen LogP contribution is 2.48. The highest BCUT2D eigenvalue weighted by molar-refractivity contribution is 8.13. The largest absolute Gasteiger partial charge is 0.465 e. The number of fused-ring (bicyclic) bond motifs is 1. The Hall–Kier alpha value is -4.50. The first kappa shape index (κ1) is 40.7. The van der Waals surface area contributed by atoms with Crippen LogP contribution in [-0.2, 0) is 45.6 Å². The predicted octanol–water partition coefficient (Wildman–Crippen LogP) is 6.37. The average Bonchev–Trinajstić information content (AvgIpc) is 3.60. The number of benzene rings is 3. The molecule has 13 nitrogen and oxygen atoms in total. The normalized spacial score (nSPS) is 13.7. The van der Waals surface area contributed by atoms with Crippen molar-refractivity contribution in [1.82, 2.24) is 19.5 Å². The fraction of sp³-hybridized carbons (Fsp3) is 0.342. The van der Waals surface area contributed by atoms with E-state index in [2.05, 4.69) is 15.0 Å². The molecule has 286 valence electrons. The third-order valence-corrected chi connectivity index (χ3v) is 11.1. The van der Waals surface area contributed by atoms with Gasteiger partial charge in [0.2, 0.25) is 5.12 Å². The lowest BCUT2D eigenvalue weighted by Crippen LogP contribution is -2.30. The molecule has 3 aromatic carbocycles. The van der Waals surface area contributed by atoms with Crippen LogP contribution >= 0.6 is 19.4 Å². The number of hydrogen-bond acceptors (Lipinski definition) is 13. The number of imidazole rings is 1. The van der Waals surface area contributed by atoms with Crippen molar-refractivity contribution in [3.05, 3.63) is 108 Å². The first-order valence-corrected chi connectivity index (χ1v) is 20.2. The maximum atomic E-state index is 14.9. The Morgan fingerprint density at radius 1 is 0.926 bits per heavy atom. The molecular formula is C38H44FN6O7PS. The van der Waals surface area contributed by atoms with Crippen molar-refractivity contribution in [2.45, 2.75) is 44.7 Å². The van der Waals surface area contributed by atoms with Crippen molar-refractivity contribution >= 4 is 47.4 Å². The minimum atomic E-state index is -3.77. The fourth-order valence-electron chi connectivity index (χ4n) is 5.36. The van der Waals surface area contributed by atoms with Crippen molar-refractivity contribution in [2.24, 2.45) is 5.73 Å². The van der Waals surface area contributed by atoms with Crippen LogP contribution in [0.5, 0.6) is 0 Å². The van der Waals surface area contributed by atoms with Gasteiger partial charge in [-0.25, -0.2) is 19.3 Å². The molecule has 2 aromatic heterocycles. The van der Waals surface area contributed by atoms with Gasteiger partial charge in [-0.3, -0.25) is 14.2 Å². The zero-order valence-electron chi connectivity index (χ0n) is 29.9. The van der Waals surface area contributed by atoms with E-state index in [0.717, 1.165) is 22.9 Å². The third-order valence-electron chi connectivity index (χ3n) is 8.33. The second-order valence-corrected chi connectivity index (χ2v) is 15.4. The summed E-state index contributed by atoms with van der Waals surface area (Å²) in [4.78, 5) is 37.7. The highest BCUT2D eigenvalue weighted by atomic mass is 32.2. The molecule has 0 aliphatic heterocycles. The van der Waals surface area contributed by atoms with Crippen molar-refractivity contribution in [3.63, 3.8) is 0 Å². The molecule has 16 heteroatoms. The van der Waals surface area contributed by atoms with Crippen molar-refractivity contribution in [2.75, 3.05) is 44.3 Å². The summed E-state index contributed by atoms with van der Waals surface area (Å²) in [6, 6.07) is 22.8. The van der Waals surface area contributed by atoms with Crippen LogP contribution in [0.15, 0.2) is 91.5 Å². The first-order valence-electron chi connectivity index (χ1n) is 17.5. The Kier molecular flexibility index (Phi) is 15.3. The Morgan fingerprint density at radius 3 is 2.39 bits per heavy atom. The molecule has 0 saturated heterocycles. The number of nitrogens with zero attached hydrogens (tertiary/aromatic N) is 4. The van der Waals surface area contributed by atoms with Gasteiger partial charge in [-0.1, -0.05) is 84.6 Å². The van der Waals surface area contributed by atoms with E-state index in [4.69, 9.17) is 30.0 Å². The van der Waals surface area contributed by atoms with Gasteiger partial charge < -0.3 is 34.6 Å². The Morgan fingerprint density at radius 2 is 1.65 bits per heavy atom. The van der Waals surface area contributed by atoms with E-state index >= 15 is 0 Å². The number of aromatic nitrogens is 4. The zero-order chi connectivity index (χ0) is 38.3. The van der Waals surface area contributed by atoms with E-state index in [1.807, 2.05) is 60.7 Å². The lowest BCUT2D eigenvalue weighted by Gasteiger charge is -2.19. The Labute approximate surface area is 317 Å².